The molecule has 21 heavy (non-hydrogen) atoms. The number of thiazole rings is 1. The average Bonchev–Trinajstić information content (AvgIpc) is 3.00. The van der Waals surface area contributed by atoms with Crippen molar-refractivity contribution >= 4 is 28.6 Å². The first-order valence-corrected chi connectivity index (χ1v) is 7.07. The van der Waals surface area contributed by atoms with Crippen LogP contribution in [0.2, 0.25) is 0 Å². The van der Waals surface area contributed by atoms with Crippen molar-refractivity contribution in [3.63, 3.8) is 0 Å². The summed E-state index contributed by atoms with van der Waals surface area (Å²) in [6, 6.07) is 4.18. The molecule has 1 aromatic carbocycles. The van der Waals surface area contributed by atoms with Crippen LogP contribution >= 0.6 is 11.3 Å². The fourth-order valence-electron chi connectivity index (χ4n) is 1.83. The van der Waals surface area contributed by atoms with Crippen LogP contribution in [0.25, 0.3) is 0 Å². The van der Waals surface area contributed by atoms with E-state index in [1.807, 2.05) is 12.3 Å². The Morgan fingerprint density at radius 2 is 2.24 bits per heavy atom. The Bertz CT molecular complexity index is 657. The molecule has 8 heteroatoms. The largest absolute Gasteiger partial charge is 0.371 e. The molecule has 0 fully saturated rings. The molecule has 0 aliphatic carbocycles. The van der Waals surface area contributed by atoms with Crippen molar-refractivity contribution in [2.24, 2.45) is 0 Å². The van der Waals surface area contributed by atoms with Crippen LogP contribution < -0.4 is 10.6 Å². The molecule has 0 saturated heterocycles. The molecule has 7 nitrogen and oxygen atoms in total. The van der Waals surface area contributed by atoms with E-state index in [2.05, 4.69) is 15.6 Å². The highest BCUT2D eigenvalue weighted by Crippen LogP contribution is 2.29. The molecule has 2 aromatic rings. The van der Waals surface area contributed by atoms with Gasteiger partial charge in [0.2, 0.25) is 0 Å². The van der Waals surface area contributed by atoms with Gasteiger partial charge in [0.15, 0.2) is 0 Å². The Labute approximate surface area is 125 Å². The Morgan fingerprint density at radius 1 is 1.48 bits per heavy atom. The van der Waals surface area contributed by atoms with Gasteiger partial charge in [-0.25, -0.2) is 4.98 Å². The fourth-order valence-corrected chi connectivity index (χ4v) is 2.48. The van der Waals surface area contributed by atoms with Gasteiger partial charge >= 0.3 is 0 Å². The van der Waals surface area contributed by atoms with Crippen molar-refractivity contribution in [1.29, 1.82) is 0 Å². The first-order chi connectivity index (χ1) is 10.0. The zero-order chi connectivity index (χ0) is 15.4. The van der Waals surface area contributed by atoms with Crippen molar-refractivity contribution in [3.05, 3.63) is 50.5 Å². The zero-order valence-electron chi connectivity index (χ0n) is 11.5. The van der Waals surface area contributed by atoms with Gasteiger partial charge < -0.3 is 10.6 Å². The Hall–Kier alpha value is -2.48. The minimum Gasteiger partial charge on any atom is -0.371 e. The first kappa shape index (κ1) is 14.9. The van der Waals surface area contributed by atoms with Crippen molar-refractivity contribution in [2.75, 3.05) is 12.4 Å². The van der Waals surface area contributed by atoms with E-state index in [0.717, 1.165) is 5.01 Å². The summed E-state index contributed by atoms with van der Waals surface area (Å²) >= 11 is 1.47. The third-order valence-corrected chi connectivity index (χ3v) is 3.84. The highest BCUT2D eigenvalue weighted by molar-refractivity contribution is 7.09. The number of nitro groups is 1. The van der Waals surface area contributed by atoms with Gasteiger partial charge in [0.1, 0.15) is 10.7 Å². The van der Waals surface area contributed by atoms with E-state index in [4.69, 9.17) is 0 Å². The van der Waals surface area contributed by atoms with Crippen LogP contribution in [0.5, 0.6) is 0 Å². The normalized spacial score (nSPS) is 11.7. The average molecular weight is 306 g/mol. The quantitative estimate of drug-likeness (QED) is 0.653. The topological polar surface area (TPSA) is 97.2 Å². The second-order valence-electron chi connectivity index (χ2n) is 4.30. The van der Waals surface area contributed by atoms with Crippen molar-refractivity contribution in [3.8, 4) is 0 Å². The molecule has 0 aliphatic rings. The van der Waals surface area contributed by atoms with Gasteiger partial charge in [-0.3, -0.25) is 14.9 Å². The van der Waals surface area contributed by atoms with Crippen molar-refractivity contribution in [2.45, 2.75) is 13.0 Å². The standard InChI is InChI=1S/C13H14N4O3S/c1-8(13-15-5-6-21-13)16-10-4-3-9(12(18)14-2)7-11(10)17(19)20/h3-8,16H,1-2H3,(H,14,18). The number of nitrogens with zero attached hydrogens (tertiary/aromatic N) is 2. The molecule has 1 heterocycles. The summed E-state index contributed by atoms with van der Waals surface area (Å²) in [5.74, 6) is -0.363. The number of nitro benzene ring substituents is 1. The first-order valence-electron chi connectivity index (χ1n) is 6.19. The smallest absolute Gasteiger partial charge is 0.293 e. The number of benzene rings is 1. The molecular weight excluding hydrogens is 292 g/mol. The SMILES string of the molecule is CNC(=O)c1ccc(NC(C)c2nccs2)c([N+](=O)[O-])c1. The molecule has 0 saturated carbocycles. The lowest BCUT2D eigenvalue weighted by molar-refractivity contribution is -0.384. The number of carbonyl (C=O) groups is 1. The second kappa shape index (κ2) is 6.31. The maximum Gasteiger partial charge on any atom is 0.293 e. The highest BCUT2D eigenvalue weighted by atomic mass is 32.1. The monoisotopic (exact) mass is 306 g/mol. The Kier molecular flexibility index (Phi) is 4.49. The number of carbonyl (C=O) groups excluding carboxylic acids is 1. The molecule has 0 aliphatic heterocycles. The van der Waals surface area contributed by atoms with Crippen LogP contribution in [0.3, 0.4) is 0 Å². The minimum absolute atomic E-state index is 0.139. The number of rotatable bonds is 5. The van der Waals surface area contributed by atoms with Crippen LogP contribution in [-0.2, 0) is 0 Å². The van der Waals surface area contributed by atoms with E-state index in [-0.39, 0.29) is 23.2 Å². The van der Waals surface area contributed by atoms with Crippen LogP contribution in [0.4, 0.5) is 11.4 Å². The summed E-state index contributed by atoms with van der Waals surface area (Å²) < 4.78 is 0. The van der Waals surface area contributed by atoms with Gasteiger partial charge in [-0.05, 0) is 19.1 Å². The summed E-state index contributed by atoms with van der Waals surface area (Å²) in [4.78, 5) is 26.4. The van der Waals surface area contributed by atoms with E-state index >= 15 is 0 Å². The number of nitrogens with one attached hydrogen (secondary N) is 2. The number of hydrogen-bond acceptors (Lipinski definition) is 6. The Balaban J connectivity index is 2.30. The maximum atomic E-state index is 11.5. The van der Waals surface area contributed by atoms with Gasteiger partial charge in [0, 0.05) is 30.3 Å². The second-order valence-corrected chi connectivity index (χ2v) is 5.23. The van der Waals surface area contributed by atoms with Gasteiger partial charge in [-0.15, -0.1) is 11.3 Å². The molecule has 2 N–H and O–H groups in total. The number of anilines is 1. The van der Waals surface area contributed by atoms with E-state index in [1.165, 1.54) is 30.5 Å². The van der Waals surface area contributed by atoms with Crippen LogP contribution in [0.15, 0.2) is 29.8 Å². The van der Waals surface area contributed by atoms with Gasteiger partial charge in [-0.1, -0.05) is 0 Å². The van der Waals surface area contributed by atoms with Crippen molar-refractivity contribution in [1.82, 2.24) is 10.3 Å². The fraction of sp³-hybridized carbons (Fsp3) is 0.231. The number of hydrogen-bond donors (Lipinski definition) is 2. The third kappa shape index (κ3) is 3.34. The molecule has 1 atom stereocenters. The van der Waals surface area contributed by atoms with Crippen LogP contribution in [0.1, 0.15) is 28.3 Å². The van der Waals surface area contributed by atoms with E-state index < -0.39 is 4.92 Å². The van der Waals surface area contributed by atoms with Gasteiger partial charge in [0.25, 0.3) is 11.6 Å². The lowest BCUT2D eigenvalue weighted by atomic mass is 10.1. The summed E-state index contributed by atoms with van der Waals surface area (Å²) in [7, 11) is 1.48. The molecule has 110 valence electrons. The lowest BCUT2D eigenvalue weighted by Crippen LogP contribution is -2.18. The highest BCUT2D eigenvalue weighted by Gasteiger charge is 2.19. The lowest BCUT2D eigenvalue weighted by Gasteiger charge is -2.13. The molecule has 1 aromatic heterocycles. The van der Waals surface area contributed by atoms with Crippen LogP contribution in [0, 0.1) is 10.1 Å². The number of aromatic nitrogens is 1. The molecule has 1 amide bonds. The molecule has 2 rings (SSSR count). The Morgan fingerprint density at radius 3 is 2.81 bits per heavy atom. The molecule has 0 bridgehead atoms. The van der Waals surface area contributed by atoms with E-state index in [1.54, 1.807) is 12.3 Å². The molecule has 0 radical (unpaired) electrons. The van der Waals surface area contributed by atoms with Crippen molar-refractivity contribution < 1.29 is 9.72 Å². The van der Waals surface area contributed by atoms with E-state index in [0.29, 0.717) is 5.69 Å². The third-order valence-electron chi connectivity index (χ3n) is 2.88. The molecule has 0 spiro atoms. The van der Waals surface area contributed by atoms with E-state index in [9.17, 15) is 14.9 Å². The minimum atomic E-state index is -0.511. The van der Waals surface area contributed by atoms with Crippen LogP contribution in [-0.4, -0.2) is 22.9 Å². The summed E-state index contributed by atoms with van der Waals surface area (Å²) in [6.45, 7) is 1.87. The predicted octanol–water partition coefficient (Wildman–Crippen LogP) is 2.58. The van der Waals surface area contributed by atoms with Gasteiger partial charge in [0.05, 0.1) is 11.0 Å². The summed E-state index contributed by atoms with van der Waals surface area (Å²) in [5, 5.41) is 19.3. The molecule has 1 unspecified atom stereocenters. The maximum absolute atomic E-state index is 11.5. The van der Waals surface area contributed by atoms with Gasteiger partial charge in [-0.2, -0.15) is 0 Å². The predicted molar refractivity (Wildman–Crippen MR) is 80.6 cm³/mol. The zero-order valence-corrected chi connectivity index (χ0v) is 12.3. The number of amides is 1. The summed E-state index contributed by atoms with van der Waals surface area (Å²) in [6.07, 6.45) is 1.68. The molecular formula is C13H14N4O3S. The summed E-state index contributed by atoms with van der Waals surface area (Å²) in [5.41, 5.74) is 0.464.